The van der Waals surface area contributed by atoms with Crippen LogP contribution in [0.1, 0.15) is 10.4 Å². The summed E-state index contributed by atoms with van der Waals surface area (Å²) in [7, 11) is 3.81. The third-order valence-electron chi connectivity index (χ3n) is 2.80. The number of halogens is 1. The van der Waals surface area contributed by atoms with Crippen LogP contribution in [0.2, 0.25) is 0 Å². The van der Waals surface area contributed by atoms with Crippen LogP contribution in [-0.2, 0) is 0 Å². The number of anilines is 1. The lowest BCUT2D eigenvalue weighted by atomic mass is 10.0. The molecule has 0 heterocycles. The molecule has 0 saturated carbocycles. The molecular formula is C15H14FNO. The molecule has 0 bridgehead atoms. The lowest BCUT2D eigenvalue weighted by molar-refractivity contribution is 0.112. The van der Waals surface area contributed by atoms with Crippen LogP contribution < -0.4 is 4.90 Å². The SMILES string of the molecule is CN(C)c1ccccc1-c1cc(C=O)ccc1F. The molecule has 2 aromatic rings. The van der Waals surface area contributed by atoms with Crippen molar-refractivity contribution in [2.75, 3.05) is 19.0 Å². The lowest BCUT2D eigenvalue weighted by Crippen LogP contribution is -2.10. The van der Waals surface area contributed by atoms with E-state index in [0.717, 1.165) is 17.5 Å². The zero-order valence-corrected chi connectivity index (χ0v) is 10.4. The molecule has 0 aliphatic rings. The summed E-state index contributed by atoms with van der Waals surface area (Å²) in [6, 6.07) is 11.9. The van der Waals surface area contributed by atoms with Gasteiger partial charge in [-0.25, -0.2) is 4.39 Å². The van der Waals surface area contributed by atoms with Gasteiger partial charge >= 0.3 is 0 Å². The van der Waals surface area contributed by atoms with Crippen LogP contribution >= 0.6 is 0 Å². The average molecular weight is 243 g/mol. The maximum Gasteiger partial charge on any atom is 0.150 e. The van der Waals surface area contributed by atoms with Crippen molar-refractivity contribution in [1.29, 1.82) is 0 Å². The fraction of sp³-hybridized carbons (Fsp3) is 0.133. The molecule has 2 rings (SSSR count). The second-order valence-corrected chi connectivity index (χ2v) is 4.27. The number of para-hydroxylation sites is 1. The Hall–Kier alpha value is -2.16. The Labute approximate surface area is 106 Å². The minimum Gasteiger partial charge on any atom is -0.377 e. The number of hydrogen-bond donors (Lipinski definition) is 0. The average Bonchev–Trinajstić information content (AvgIpc) is 2.39. The highest BCUT2D eigenvalue weighted by Gasteiger charge is 2.11. The van der Waals surface area contributed by atoms with E-state index >= 15 is 0 Å². The van der Waals surface area contributed by atoms with Gasteiger partial charge in [-0.05, 0) is 24.3 Å². The van der Waals surface area contributed by atoms with Gasteiger partial charge in [0.05, 0.1) is 0 Å². The van der Waals surface area contributed by atoms with Crippen molar-refractivity contribution < 1.29 is 9.18 Å². The molecule has 0 aliphatic heterocycles. The standard InChI is InChI=1S/C15H14FNO/c1-17(2)15-6-4-3-5-12(15)13-9-11(10-18)7-8-14(13)16/h3-10H,1-2H3. The summed E-state index contributed by atoms with van der Waals surface area (Å²) < 4.78 is 13.9. The fourth-order valence-electron chi connectivity index (χ4n) is 1.91. The Bertz CT molecular complexity index is 578. The normalized spacial score (nSPS) is 10.2. The number of nitrogens with zero attached hydrogens (tertiary/aromatic N) is 1. The molecule has 18 heavy (non-hydrogen) atoms. The molecule has 3 heteroatoms. The van der Waals surface area contributed by atoms with Crippen molar-refractivity contribution in [2.45, 2.75) is 0 Å². The van der Waals surface area contributed by atoms with Crippen LogP contribution in [0, 0.1) is 5.82 Å². The van der Waals surface area contributed by atoms with E-state index < -0.39 is 0 Å². The first-order chi connectivity index (χ1) is 8.63. The molecule has 0 saturated heterocycles. The Balaban J connectivity index is 2.64. The summed E-state index contributed by atoms with van der Waals surface area (Å²) in [4.78, 5) is 12.7. The van der Waals surface area contributed by atoms with E-state index in [2.05, 4.69) is 0 Å². The highest BCUT2D eigenvalue weighted by molar-refractivity contribution is 5.83. The van der Waals surface area contributed by atoms with Crippen LogP contribution in [0.15, 0.2) is 42.5 Å². The number of carbonyl (C=O) groups excluding carboxylic acids is 1. The van der Waals surface area contributed by atoms with Crippen LogP contribution in [0.25, 0.3) is 11.1 Å². The van der Waals surface area contributed by atoms with Crippen molar-refractivity contribution in [3.63, 3.8) is 0 Å². The monoisotopic (exact) mass is 243 g/mol. The van der Waals surface area contributed by atoms with Gasteiger partial charge in [-0.2, -0.15) is 0 Å². The second kappa shape index (κ2) is 5.00. The molecule has 92 valence electrons. The summed E-state index contributed by atoms with van der Waals surface area (Å²) >= 11 is 0. The summed E-state index contributed by atoms with van der Waals surface area (Å²) in [6.07, 6.45) is 0.723. The van der Waals surface area contributed by atoms with E-state index in [9.17, 15) is 9.18 Å². The first-order valence-electron chi connectivity index (χ1n) is 5.65. The van der Waals surface area contributed by atoms with Gasteiger partial charge in [0.2, 0.25) is 0 Å². The number of carbonyl (C=O) groups is 1. The first kappa shape index (κ1) is 12.3. The van der Waals surface area contributed by atoms with Crippen molar-refractivity contribution in [2.24, 2.45) is 0 Å². The van der Waals surface area contributed by atoms with E-state index in [1.165, 1.54) is 12.1 Å². The van der Waals surface area contributed by atoms with Gasteiger partial charge in [-0.3, -0.25) is 4.79 Å². The van der Waals surface area contributed by atoms with Crippen molar-refractivity contribution in [3.05, 3.63) is 53.8 Å². The van der Waals surface area contributed by atoms with Gasteiger partial charge in [-0.15, -0.1) is 0 Å². The highest BCUT2D eigenvalue weighted by Crippen LogP contribution is 2.31. The van der Waals surface area contributed by atoms with Crippen molar-refractivity contribution >= 4 is 12.0 Å². The Morgan fingerprint density at radius 2 is 1.78 bits per heavy atom. The zero-order valence-electron chi connectivity index (χ0n) is 10.4. The quantitative estimate of drug-likeness (QED) is 0.770. The molecule has 2 nitrogen and oxygen atoms in total. The minimum atomic E-state index is -0.324. The maximum atomic E-state index is 13.9. The number of benzene rings is 2. The number of hydrogen-bond acceptors (Lipinski definition) is 2. The van der Waals surface area contributed by atoms with Gasteiger partial charge < -0.3 is 4.90 Å². The molecule has 0 amide bonds. The highest BCUT2D eigenvalue weighted by atomic mass is 19.1. The second-order valence-electron chi connectivity index (χ2n) is 4.27. The number of rotatable bonds is 3. The van der Waals surface area contributed by atoms with E-state index in [1.807, 2.05) is 43.3 Å². The third-order valence-corrected chi connectivity index (χ3v) is 2.80. The number of aldehydes is 1. The van der Waals surface area contributed by atoms with Crippen molar-refractivity contribution in [3.8, 4) is 11.1 Å². The van der Waals surface area contributed by atoms with Crippen LogP contribution in [0.4, 0.5) is 10.1 Å². The zero-order chi connectivity index (χ0) is 13.1. The van der Waals surface area contributed by atoms with Crippen LogP contribution in [-0.4, -0.2) is 20.4 Å². The molecule has 0 atom stereocenters. The topological polar surface area (TPSA) is 20.3 Å². The minimum absolute atomic E-state index is 0.324. The summed E-state index contributed by atoms with van der Waals surface area (Å²) in [6.45, 7) is 0. The lowest BCUT2D eigenvalue weighted by Gasteiger charge is -2.18. The van der Waals surface area contributed by atoms with E-state index in [1.54, 1.807) is 6.07 Å². The largest absolute Gasteiger partial charge is 0.377 e. The first-order valence-corrected chi connectivity index (χ1v) is 5.65. The summed E-state index contributed by atoms with van der Waals surface area (Å²) in [5.41, 5.74) is 2.62. The fourth-order valence-corrected chi connectivity index (χ4v) is 1.91. The van der Waals surface area contributed by atoms with Gasteiger partial charge in [0, 0.05) is 36.5 Å². The third kappa shape index (κ3) is 2.25. The summed E-state index contributed by atoms with van der Waals surface area (Å²) in [5.74, 6) is -0.324. The molecule has 0 aliphatic carbocycles. The molecule has 0 radical (unpaired) electrons. The van der Waals surface area contributed by atoms with E-state index in [4.69, 9.17) is 0 Å². The molecule has 0 spiro atoms. The van der Waals surface area contributed by atoms with Gasteiger partial charge in [0.1, 0.15) is 12.1 Å². The predicted molar refractivity (Wildman–Crippen MR) is 71.6 cm³/mol. The summed E-state index contributed by atoms with van der Waals surface area (Å²) in [5, 5.41) is 0. The van der Waals surface area contributed by atoms with Crippen LogP contribution in [0.3, 0.4) is 0 Å². The molecular weight excluding hydrogens is 229 g/mol. The molecule has 0 fully saturated rings. The Morgan fingerprint density at radius 1 is 1.06 bits per heavy atom. The van der Waals surface area contributed by atoms with Crippen LogP contribution in [0.5, 0.6) is 0 Å². The van der Waals surface area contributed by atoms with E-state index in [-0.39, 0.29) is 5.82 Å². The Morgan fingerprint density at radius 3 is 2.44 bits per heavy atom. The van der Waals surface area contributed by atoms with Gasteiger partial charge in [0.15, 0.2) is 0 Å². The predicted octanol–water partition coefficient (Wildman–Crippen LogP) is 3.37. The molecule has 0 N–H and O–H groups in total. The smallest absolute Gasteiger partial charge is 0.150 e. The Kier molecular flexibility index (Phi) is 3.42. The van der Waals surface area contributed by atoms with Gasteiger partial charge in [-0.1, -0.05) is 18.2 Å². The molecule has 2 aromatic carbocycles. The molecule has 0 aromatic heterocycles. The molecule has 0 unspecified atom stereocenters. The van der Waals surface area contributed by atoms with Crippen molar-refractivity contribution in [1.82, 2.24) is 0 Å². The maximum absolute atomic E-state index is 13.9. The van der Waals surface area contributed by atoms with E-state index in [0.29, 0.717) is 11.1 Å². The van der Waals surface area contributed by atoms with Gasteiger partial charge in [0.25, 0.3) is 0 Å².